The van der Waals surface area contributed by atoms with Crippen molar-refractivity contribution in [1.82, 2.24) is 15.1 Å². The second-order valence-corrected chi connectivity index (χ2v) is 6.01. The van der Waals surface area contributed by atoms with Crippen LogP contribution in [0.5, 0.6) is 0 Å². The van der Waals surface area contributed by atoms with Gasteiger partial charge in [-0.3, -0.25) is 4.79 Å². The van der Waals surface area contributed by atoms with Crippen molar-refractivity contribution in [2.24, 2.45) is 11.7 Å². The third-order valence-electron chi connectivity index (χ3n) is 4.67. The quantitative estimate of drug-likeness (QED) is 0.882. The molecule has 2 heterocycles. The lowest BCUT2D eigenvalue weighted by atomic mass is 9.99. The second-order valence-electron chi connectivity index (χ2n) is 6.01. The van der Waals surface area contributed by atoms with Gasteiger partial charge in [0, 0.05) is 44.8 Å². The Labute approximate surface area is 149 Å². The van der Waals surface area contributed by atoms with Crippen LogP contribution in [0.2, 0.25) is 0 Å². The summed E-state index contributed by atoms with van der Waals surface area (Å²) in [6.07, 6.45) is 5.63. The van der Waals surface area contributed by atoms with E-state index in [4.69, 9.17) is 5.73 Å². The summed E-state index contributed by atoms with van der Waals surface area (Å²) in [6, 6.07) is 4.07. The Morgan fingerprint density at radius 1 is 1.22 bits per heavy atom. The minimum Gasteiger partial charge on any atom is -0.352 e. The maximum Gasteiger partial charge on any atom is 0.223 e. The molecule has 3 rings (SSSR count). The van der Waals surface area contributed by atoms with Gasteiger partial charge in [0.25, 0.3) is 0 Å². The lowest BCUT2D eigenvalue weighted by molar-refractivity contribution is -0.132. The molecule has 1 saturated heterocycles. The maximum absolute atomic E-state index is 12.4. The number of anilines is 1. The average Bonchev–Trinajstić information content (AvgIpc) is 2.93. The zero-order valence-electron chi connectivity index (χ0n) is 13.1. The van der Waals surface area contributed by atoms with Crippen LogP contribution in [0.25, 0.3) is 0 Å². The Hall–Kier alpha value is -1.11. The zero-order valence-corrected chi connectivity index (χ0v) is 14.8. The first-order valence-electron chi connectivity index (χ1n) is 7.80. The van der Waals surface area contributed by atoms with E-state index in [9.17, 15) is 4.79 Å². The summed E-state index contributed by atoms with van der Waals surface area (Å²) in [5.74, 6) is 1.54. The molecule has 23 heavy (non-hydrogen) atoms. The predicted molar refractivity (Wildman–Crippen MR) is 95.3 cm³/mol. The highest BCUT2D eigenvalue weighted by Crippen LogP contribution is 2.27. The highest BCUT2D eigenvalue weighted by molar-refractivity contribution is 5.85. The van der Waals surface area contributed by atoms with Crippen LogP contribution in [0.3, 0.4) is 0 Å². The molecule has 2 N–H and O–H groups in total. The molecule has 8 heteroatoms. The predicted octanol–water partition coefficient (Wildman–Crippen LogP) is 1.49. The fraction of sp³-hybridized carbons (Fsp3) is 0.667. The van der Waals surface area contributed by atoms with Crippen LogP contribution < -0.4 is 10.6 Å². The highest BCUT2D eigenvalue weighted by Gasteiger charge is 2.29. The van der Waals surface area contributed by atoms with Crippen LogP contribution in [0.4, 0.5) is 5.82 Å². The summed E-state index contributed by atoms with van der Waals surface area (Å²) in [5.41, 5.74) is 6.06. The topological polar surface area (TPSA) is 75.4 Å². The number of halogens is 2. The molecule has 1 aromatic rings. The van der Waals surface area contributed by atoms with Gasteiger partial charge in [0.05, 0.1) is 0 Å². The van der Waals surface area contributed by atoms with Gasteiger partial charge >= 0.3 is 0 Å². The molecule has 2 atom stereocenters. The fourth-order valence-electron chi connectivity index (χ4n) is 3.32. The van der Waals surface area contributed by atoms with Crippen molar-refractivity contribution in [3.05, 3.63) is 18.3 Å². The van der Waals surface area contributed by atoms with Crippen molar-refractivity contribution in [3.63, 3.8) is 0 Å². The minimum absolute atomic E-state index is 0. The van der Waals surface area contributed by atoms with Gasteiger partial charge in [0.15, 0.2) is 5.82 Å². The molecule has 0 spiro atoms. The Morgan fingerprint density at radius 3 is 2.52 bits per heavy atom. The van der Waals surface area contributed by atoms with Gasteiger partial charge in [-0.25, -0.2) is 0 Å². The number of amides is 1. The number of nitrogens with two attached hydrogens (primary N) is 1. The molecular weight excluding hydrogens is 337 g/mol. The van der Waals surface area contributed by atoms with Crippen molar-refractivity contribution in [2.75, 3.05) is 31.1 Å². The van der Waals surface area contributed by atoms with Crippen LogP contribution in [0.1, 0.15) is 25.7 Å². The number of carbonyl (C=O) groups is 1. The van der Waals surface area contributed by atoms with E-state index in [-0.39, 0.29) is 36.8 Å². The number of aromatic nitrogens is 2. The van der Waals surface area contributed by atoms with Gasteiger partial charge in [0.2, 0.25) is 5.91 Å². The van der Waals surface area contributed by atoms with Gasteiger partial charge in [-0.2, -0.15) is 5.10 Å². The summed E-state index contributed by atoms with van der Waals surface area (Å²) in [7, 11) is 0. The first-order chi connectivity index (χ1) is 10.2. The van der Waals surface area contributed by atoms with E-state index in [1.165, 1.54) is 6.42 Å². The molecular formula is C15H25Cl2N5O. The minimum atomic E-state index is 0. The Balaban J connectivity index is 0.00000132. The SMILES string of the molecule is Cl.Cl.N[C@@H]1CCC[C@H]1CC(=O)N1CCN(c2cccnn2)CC1. The zero-order chi connectivity index (χ0) is 14.7. The van der Waals surface area contributed by atoms with Gasteiger partial charge in [-0.1, -0.05) is 6.42 Å². The molecule has 2 fully saturated rings. The monoisotopic (exact) mass is 361 g/mol. The fourth-order valence-corrected chi connectivity index (χ4v) is 3.32. The number of piperazine rings is 1. The van der Waals surface area contributed by atoms with Crippen molar-refractivity contribution in [2.45, 2.75) is 31.7 Å². The standard InChI is InChI=1S/C15H23N5O.2ClH/c16-13-4-1-3-12(13)11-15(21)20-9-7-19(8-10-20)14-5-2-6-17-18-14;;/h2,5-6,12-13H,1,3-4,7-11,16H2;2*1H/t12-,13+;;/m0../s1. The lowest BCUT2D eigenvalue weighted by Crippen LogP contribution is -2.49. The Bertz CT molecular complexity index is 482. The molecule has 1 aliphatic carbocycles. The summed E-state index contributed by atoms with van der Waals surface area (Å²) < 4.78 is 0. The molecule has 0 bridgehead atoms. The van der Waals surface area contributed by atoms with Crippen molar-refractivity contribution in [3.8, 4) is 0 Å². The summed E-state index contributed by atoms with van der Waals surface area (Å²) in [5, 5.41) is 8.03. The third-order valence-corrected chi connectivity index (χ3v) is 4.67. The average molecular weight is 362 g/mol. The molecule has 1 aliphatic heterocycles. The summed E-state index contributed by atoms with van der Waals surface area (Å²) in [4.78, 5) is 16.5. The summed E-state index contributed by atoms with van der Waals surface area (Å²) in [6.45, 7) is 3.16. The molecule has 0 radical (unpaired) electrons. The number of rotatable bonds is 3. The Morgan fingerprint density at radius 2 is 1.96 bits per heavy atom. The first-order valence-corrected chi connectivity index (χ1v) is 7.80. The molecule has 0 aromatic carbocycles. The first kappa shape index (κ1) is 19.9. The number of nitrogens with zero attached hydrogens (tertiary/aromatic N) is 4. The molecule has 130 valence electrons. The maximum atomic E-state index is 12.4. The van der Waals surface area contributed by atoms with E-state index in [2.05, 4.69) is 15.1 Å². The van der Waals surface area contributed by atoms with Crippen LogP contribution in [-0.2, 0) is 4.79 Å². The van der Waals surface area contributed by atoms with Crippen molar-refractivity contribution < 1.29 is 4.79 Å². The van der Waals surface area contributed by atoms with E-state index in [1.54, 1.807) is 6.20 Å². The third kappa shape index (κ3) is 4.93. The van der Waals surface area contributed by atoms with Crippen LogP contribution >= 0.6 is 24.8 Å². The van der Waals surface area contributed by atoms with Crippen LogP contribution in [-0.4, -0.2) is 53.2 Å². The van der Waals surface area contributed by atoms with Gasteiger partial charge in [-0.05, 0) is 30.9 Å². The van der Waals surface area contributed by atoms with Gasteiger partial charge in [0.1, 0.15) is 0 Å². The van der Waals surface area contributed by atoms with E-state index in [0.29, 0.717) is 12.3 Å². The highest BCUT2D eigenvalue weighted by atomic mass is 35.5. The van der Waals surface area contributed by atoms with Gasteiger partial charge < -0.3 is 15.5 Å². The molecule has 2 aliphatic rings. The van der Waals surface area contributed by atoms with Crippen LogP contribution in [0, 0.1) is 5.92 Å². The van der Waals surface area contributed by atoms with Crippen molar-refractivity contribution in [1.29, 1.82) is 0 Å². The number of carbonyl (C=O) groups excluding carboxylic acids is 1. The second kappa shape index (κ2) is 9.25. The van der Waals surface area contributed by atoms with E-state index in [1.807, 2.05) is 17.0 Å². The largest absolute Gasteiger partial charge is 0.352 e. The molecule has 1 saturated carbocycles. The molecule has 0 unspecified atom stereocenters. The number of hydrogen-bond donors (Lipinski definition) is 1. The molecule has 1 aromatic heterocycles. The van der Waals surface area contributed by atoms with Crippen molar-refractivity contribution >= 4 is 36.5 Å². The van der Waals surface area contributed by atoms with E-state index >= 15 is 0 Å². The van der Waals surface area contributed by atoms with E-state index < -0.39 is 0 Å². The smallest absolute Gasteiger partial charge is 0.223 e. The van der Waals surface area contributed by atoms with E-state index in [0.717, 1.165) is 44.8 Å². The van der Waals surface area contributed by atoms with Crippen LogP contribution in [0.15, 0.2) is 18.3 Å². The molecule has 1 amide bonds. The Kier molecular flexibility index (Phi) is 8.02. The normalized spacial score (nSPS) is 23.9. The molecule has 6 nitrogen and oxygen atoms in total. The number of hydrogen-bond acceptors (Lipinski definition) is 5. The van der Waals surface area contributed by atoms with Gasteiger partial charge in [-0.15, -0.1) is 29.9 Å². The lowest BCUT2D eigenvalue weighted by Gasteiger charge is -2.35. The summed E-state index contributed by atoms with van der Waals surface area (Å²) >= 11 is 0.